The monoisotopic (exact) mass is 429 g/mol. The highest BCUT2D eigenvalue weighted by molar-refractivity contribution is 6.33. The van der Waals surface area contributed by atoms with Gasteiger partial charge in [-0.2, -0.15) is 5.10 Å². The molecule has 0 saturated carbocycles. The highest BCUT2D eigenvalue weighted by Crippen LogP contribution is 2.26. The van der Waals surface area contributed by atoms with E-state index in [-0.39, 0.29) is 22.0 Å². The molecule has 0 radical (unpaired) electrons. The van der Waals surface area contributed by atoms with E-state index in [1.807, 2.05) is 19.9 Å². The number of benzene rings is 1. The number of pyridine rings is 1. The first kappa shape index (κ1) is 20.9. The molecule has 11 heteroatoms. The van der Waals surface area contributed by atoms with Crippen molar-refractivity contribution in [1.82, 2.24) is 14.8 Å². The van der Waals surface area contributed by atoms with Gasteiger partial charge in [0.2, 0.25) is 0 Å². The number of nitro groups is 1. The van der Waals surface area contributed by atoms with Gasteiger partial charge in [0.25, 0.3) is 11.6 Å². The van der Waals surface area contributed by atoms with Crippen molar-refractivity contribution >= 4 is 34.9 Å². The molecule has 0 fully saturated rings. The first-order valence-electron chi connectivity index (χ1n) is 8.65. The summed E-state index contributed by atoms with van der Waals surface area (Å²) in [6, 6.07) is 8.63. The summed E-state index contributed by atoms with van der Waals surface area (Å²) in [6.45, 7) is 3.15. The summed E-state index contributed by atoms with van der Waals surface area (Å²) in [7, 11) is 0. The average molecular weight is 430 g/mol. The summed E-state index contributed by atoms with van der Waals surface area (Å²) in [6.07, 6.45) is 1.32. The minimum Gasteiger partial charge on any atom is -0.452 e. The molecule has 1 N–H and O–H groups in total. The Bertz CT molecular complexity index is 1130. The van der Waals surface area contributed by atoms with Gasteiger partial charge in [-0.3, -0.25) is 14.9 Å². The second-order valence-electron chi connectivity index (χ2n) is 6.29. The molecule has 3 aromatic rings. The van der Waals surface area contributed by atoms with E-state index in [1.54, 1.807) is 10.7 Å². The Labute approximate surface area is 175 Å². The third kappa shape index (κ3) is 4.78. The molecule has 1 amide bonds. The molecule has 2 heterocycles. The largest absolute Gasteiger partial charge is 0.452 e. The molecule has 1 aromatic carbocycles. The van der Waals surface area contributed by atoms with E-state index >= 15 is 0 Å². The van der Waals surface area contributed by atoms with Crippen molar-refractivity contribution < 1.29 is 19.2 Å². The summed E-state index contributed by atoms with van der Waals surface area (Å²) in [5.41, 5.74) is 1.70. The minimum absolute atomic E-state index is 0.0443. The zero-order valence-corrected chi connectivity index (χ0v) is 16.7. The summed E-state index contributed by atoms with van der Waals surface area (Å²) in [5.74, 6) is -0.907. The van der Waals surface area contributed by atoms with E-state index < -0.39 is 23.4 Å². The maximum absolute atomic E-state index is 12.2. The quantitative estimate of drug-likeness (QED) is 0.361. The Hall–Kier alpha value is -3.79. The molecule has 2 aromatic heterocycles. The lowest BCUT2D eigenvalue weighted by molar-refractivity contribution is -0.384. The van der Waals surface area contributed by atoms with Crippen molar-refractivity contribution in [3.05, 3.63) is 74.7 Å². The number of halogens is 1. The van der Waals surface area contributed by atoms with Crippen molar-refractivity contribution in [2.45, 2.75) is 13.8 Å². The molecule has 0 bridgehead atoms. The summed E-state index contributed by atoms with van der Waals surface area (Å²) in [4.78, 5) is 38.6. The Morgan fingerprint density at radius 2 is 2.00 bits per heavy atom. The van der Waals surface area contributed by atoms with Crippen LogP contribution in [0.15, 0.2) is 42.6 Å². The van der Waals surface area contributed by atoms with E-state index in [2.05, 4.69) is 15.4 Å². The molecular weight excluding hydrogens is 414 g/mol. The average Bonchev–Trinajstić information content (AvgIpc) is 3.05. The van der Waals surface area contributed by atoms with Crippen LogP contribution in [0.1, 0.15) is 21.7 Å². The number of anilines is 1. The van der Waals surface area contributed by atoms with Crippen molar-refractivity contribution in [3.63, 3.8) is 0 Å². The predicted octanol–water partition coefficient (Wildman–Crippen LogP) is 3.24. The number of carbonyl (C=O) groups is 2. The lowest BCUT2D eigenvalue weighted by Crippen LogP contribution is -2.21. The fourth-order valence-corrected chi connectivity index (χ4v) is 2.78. The topological polar surface area (TPSA) is 129 Å². The van der Waals surface area contributed by atoms with Crippen LogP contribution in [0, 0.1) is 24.0 Å². The van der Waals surface area contributed by atoms with Gasteiger partial charge in [0.15, 0.2) is 12.4 Å². The number of esters is 1. The second-order valence-corrected chi connectivity index (χ2v) is 6.70. The zero-order chi connectivity index (χ0) is 21.8. The lowest BCUT2D eigenvalue weighted by atomic mass is 10.2. The number of nitrogens with one attached hydrogen (secondary N) is 1. The van der Waals surface area contributed by atoms with Gasteiger partial charge in [-0.25, -0.2) is 14.5 Å². The maximum atomic E-state index is 12.2. The van der Waals surface area contributed by atoms with Gasteiger partial charge in [0.1, 0.15) is 0 Å². The summed E-state index contributed by atoms with van der Waals surface area (Å²) < 4.78 is 6.60. The van der Waals surface area contributed by atoms with Crippen LogP contribution in [0.4, 0.5) is 11.4 Å². The Morgan fingerprint density at radius 3 is 2.60 bits per heavy atom. The van der Waals surface area contributed by atoms with Gasteiger partial charge in [0.05, 0.1) is 26.9 Å². The van der Waals surface area contributed by atoms with E-state index in [1.165, 1.54) is 24.4 Å². The fraction of sp³-hybridized carbons (Fsp3) is 0.158. The molecule has 0 saturated heterocycles. The summed E-state index contributed by atoms with van der Waals surface area (Å²) >= 11 is 5.92. The van der Waals surface area contributed by atoms with E-state index in [4.69, 9.17) is 16.3 Å². The van der Waals surface area contributed by atoms with Gasteiger partial charge in [0, 0.05) is 24.0 Å². The summed E-state index contributed by atoms with van der Waals surface area (Å²) in [5, 5.41) is 17.6. The molecule has 0 aliphatic heterocycles. The van der Waals surface area contributed by atoms with Gasteiger partial charge >= 0.3 is 5.97 Å². The third-order valence-corrected chi connectivity index (χ3v) is 4.31. The molecule has 10 nitrogen and oxygen atoms in total. The van der Waals surface area contributed by atoms with Crippen LogP contribution < -0.4 is 5.32 Å². The number of hydrogen-bond acceptors (Lipinski definition) is 7. The van der Waals surface area contributed by atoms with E-state index in [0.29, 0.717) is 5.82 Å². The van der Waals surface area contributed by atoms with Crippen molar-refractivity contribution in [1.29, 1.82) is 0 Å². The number of ether oxygens (including phenoxy) is 1. The van der Waals surface area contributed by atoms with Crippen molar-refractivity contribution in [3.8, 4) is 5.82 Å². The first-order valence-corrected chi connectivity index (χ1v) is 9.03. The molecule has 0 spiro atoms. The molecule has 3 rings (SSSR count). The van der Waals surface area contributed by atoms with Crippen LogP contribution in [0.3, 0.4) is 0 Å². The normalized spacial score (nSPS) is 10.5. The van der Waals surface area contributed by atoms with Gasteiger partial charge in [-0.05, 0) is 38.1 Å². The maximum Gasteiger partial charge on any atom is 0.340 e. The second kappa shape index (κ2) is 8.70. The highest BCUT2D eigenvalue weighted by atomic mass is 35.5. The van der Waals surface area contributed by atoms with E-state index in [0.717, 1.165) is 17.5 Å². The van der Waals surface area contributed by atoms with Crippen LogP contribution in [0.2, 0.25) is 5.02 Å². The van der Waals surface area contributed by atoms with E-state index in [9.17, 15) is 19.7 Å². The molecule has 154 valence electrons. The lowest BCUT2D eigenvalue weighted by Gasteiger charge is -2.08. The van der Waals surface area contributed by atoms with Crippen LogP contribution in [0.5, 0.6) is 0 Å². The zero-order valence-electron chi connectivity index (χ0n) is 16.0. The first-order chi connectivity index (χ1) is 14.2. The number of nitro benzene ring substituents is 1. The van der Waals surface area contributed by atoms with Crippen LogP contribution in [-0.4, -0.2) is 38.2 Å². The van der Waals surface area contributed by atoms with Gasteiger partial charge in [-0.15, -0.1) is 0 Å². The Morgan fingerprint density at radius 1 is 1.23 bits per heavy atom. The molecular formula is C19H16ClN5O5. The van der Waals surface area contributed by atoms with Gasteiger partial charge in [-0.1, -0.05) is 11.6 Å². The SMILES string of the molecule is Cc1cc(C)n(-c2ccc(C(=O)OCC(=O)Nc3cc([N+](=O)[O-])ccc3Cl)cn2)n1. The van der Waals surface area contributed by atoms with Crippen LogP contribution in [0.25, 0.3) is 5.82 Å². The number of nitrogens with zero attached hydrogens (tertiary/aromatic N) is 4. The fourth-order valence-electron chi connectivity index (χ4n) is 2.62. The number of rotatable bonds is 6. The number of hydrogen-bond donors (Lipinski definition) is 1. The number of amides is 1. The smallest absolute Gasteiger partial charge is 0.340 e. The van der Waals surface area contributed by atoms with Crippen LogP contribution in [-0.2, 0) is 9.53 Å². The Kier molecular flexibility index (Phi) is 6.07. The Balaban J connectivity index is 1.60. The van der Waals surface area contributed by atoms with Gasteiger partial charge < -0.3 is 10.1 Å². The van der Waals surface area contributed by atoms with Crippen LogP contribution >= 0.6 is 11.6 Å². The molecule has 30 heavy (non-hydrogen) atoms. The molecule has 0 atom stereocenters. The third-order valence-electron chi connectivity index (χ3n) is 3.98. The minimum atomic E-state index is -0.747. The molecule has 0 aliphatic rings. The molecule has 0 aliphatic carbocycles. The standard InChI is InChI=1S/C19H16ClN5O5/c1-11-7-12(2)24(23-11)17-6-3-13(9-21-17)19(27)30-10-18(26)22-16-8-14(25(28)29)4-5-15(16)20/h3-9H,10H2,1-2H3,(H,22,26). The number of aromatic nitrogens is 3. The van der Waals surface area contributed by atoms with Crippen molar-refractivity contribution in [2.24, 2.45) is 0 Å². The number of carbonyl (C=O) groups excluding carboxylic acids is 2. The number of aryl methyl sites for hydroxylation is 2. The molecule has 0 unspecified atom stereocenters. The van der Waals surface area contributed by atoms with Crippen molar-refractivity contribution in [2.75, 3.05) is 11.9 Å². The number of non-ortho nitro benzene ring substituents is 1. The predicted molar refractivity (Wildman–Crippen MR) is 108 cm³/mol. The highest BCUT2D eigenvalue weighted by Gasteiger charge is 2.15.